The van der Waals surface area contributed by atoms with Gasteiger partial charge in [-0.25, -0.2) is 5.43 Å². The third-order valence-electron chi connectivity index (χ3n) is 5.48. The summed E-state index contributed by atoms with van der Waals surface area (Å²) in [5.41, 5.74) is 8.21. The fourth-order valence-corrected chi connectivity index (χ4v) is 4.64. The van der Waals surface area contributed by atoms with E-state index in [1.807, 2.05) is 73.7 Å². The summed E-state index contributed by atoms with van der Waals surface area (Å²) in [6, 6.07) is 27.6. The first kappa shape index (κ1) is 23.3. The molecule has 4 aromatic rings. The lowest BCUT2D eigenvalue weighted by Gasteiger charge is -2.09. The van der Waals surface area contributed by atoms with Gasteiger partial charge in [0.2, 0.25) is 5.91 Å². The number of amides is 1. The molecule has 2 N–H and O–H groups in total. The molecule has 0 radical (unpaired) electrons. The molecule has 0 atom stereocenters. The van der Waals surface area contributed by atoms with Crippen LogP contribution < -0.4 is 5.43 Å². The Morgan fingerprint density at radius 2 is 1.56 bits per heavy atom. The highest BCUT2D eigenvalue weighted by Gasteiger charge is 2.17. The van der Waals surface area contributed by atoms with E-state index in [0.29, 0.717) is 11.5 Å². The number of hydrogen-bond donors (Lipinski definition) is 2. The second-order valence-corrected chi connectivity index (χ2v) is 8.76. The Hall–Kier alpha value is -3.84. The first-order chi connectivity index (χ1) is 16.5. The minimum Gasteiger partial charge on any atom is -0.481 e. The second-order valence-electron chi connectivity index (χ2n) is 7.77. The lowest BCUT2D eigenvalue weighted by molar-refractivity contribution is -0.133. The normalized spacial score (nSPS) is 11.5. The largest absolute Gasteiger partial charge is 0.481 e. The zero-order valence-corrected chi connectivity index (χ0v) is 19.6. The summed E-state index contributed by atoms with van der Waals surface area (Å²) >= 11 is 1.24. The predicted molar refractivity (Wildman–Crippen MR) is 138 cm³/mol. The molecule has 1 aromatic heterocycles. The lowest BCUT2D eigenvalue weighted by Crippen LogP contribution is -2.23. The molecule has 0 aliphatic heterocycles. The zero-order valence-electron chi connectivity index (χ0n) is 18.8. The van der Waals surface area contributed by atoms with Crippen LogP contribution in [0.15, 0.2) is 90.0 Å². The second kappa shape index (κ2) is 10.9. The van der Waals surface area contributed by atoms with Gasteiger partial charge in [0, 0.05) is 22.5 Å². The number of para-hydroxylation sites is 2. The highest BCUT2D eigenvalue weighted by atomic mass is 32.2. The number of nitrogens with one attached hydrogen (secondary N) is 1. The minimum atomic E-state index is -0.883. The first-order valence-corrected chi connectivity index (χ1v) is 12.0. The van der Waals surface area contributed by atoms with Crippen LogP contribution >= 0.6 is 11.8 Å². The van der Waals surface area contributed by atoms with Gasteiger partial charge in [-0.15, -0.1) is 11.8 Å². The molecular formula is C27H25N3O3S. The van der Waals surface area contributed by atoms with Gasteiger partial charge in [0.15, 0.2) is 0 Å². The highest BCUT2D eigenvalue weighted by Crippen LogP contribution is 2.29. The van der Waals surface area contributed by atoms with Crippen molar-refractivity contribution in [3.05, 3.63) is 102 Å². The molecule has 0 aliphatic carbocycles. The molecule has 0 saturated heterocycles. The molecule has 34 heavy (non-hydrogen) atoms. The van der Waals surface area contributed by atoms with E-state index in [2.05, 4.69) is 33.3 Å². The molecule has 3 aromatic carbocycles. The topological polar surface area (TPSA) is 83.7 Å². The van der Waals surface area contributed by atoms with Crippen molar-refractivity contribution in [3.63, 3.8) is 0 Å². The van der Waals surface area contributed by atoms with Crippen LogP contribution in [0.25, 0.3) is 16.6 Å². The van der Waals surface area contributed by atoms with Crippen molar-refractivity contribution >= 4 is 40.3 Å². The maximum absolute atomic E-state index is 12.9. The van der Waals surface area contributed by atoms with Crippen LogP contribution in [0, 0.1) is 6.92 Å². The molecule has 0 fully saturated rings. The summed E-state index contributed by atoms with van der Waals surface area (Å²) < 4.78 is 2.17. The number of carbonyl (C=O) groups excluding carboxylic acids is 1. The molecule has 172 valence electrons. The lowest BCUT2D eigenvalue weighted by atomic mass is 10.1. The maximum atomic E-state index is 12.9. The Morgan fingerprint density at radius 1 is 0.912 bits per heavy atom. The molecule has 4 rings (SSSR count). The van der Waals surface area contributed by atoms with Gasteiger partial charge in [-0.3, -0.25) is 9.59 Å². The molecule has 1 heterocycles. The molecule has 0 spiro atoms. The Labute approximate surface area is 202 Å². The number of rotatable bonds is 9. The summed E-state index contributed by atoms with van der Waals surface area (Å²) in [4.78, 5) is 23.8. The Kier molecular flexibility index (Phi) is 7.44. The summed E-state index contributed by atoms with van der Waals surface area (Å²) in [7, 11) is 0. The number of carboxylic acids is 1. The van der Waals surface area contributed by atoms with Crippen LogP contribution in [-0.4, -0.2) is 38.8 Å². The van der Waals surface area contributed by atoms with Gasteiger partial charge in [0.1, 0.15) is 0 Å². The zero-order chi connectivity index (χ0) is 23.9. The molecule has 0 unspecified atom stereocenters. The number of carbonyl (C=O) groups is 2. The number of aliphatic carboxylic acids is 1. The number of fused-ring (bicyclic) bond motifs is 1. The van der Waals surface area contributed by atoms with Crippen molar-refractivity contribution < 1.29 is 14.7 Å². The van der Waals surface area contributed by atoms with Gasteiger partial charge in [-0.05, 0) is 36.2 Å². The number of aromatic nitrogens is 1. The van der Waals surface area contributed by atoms with Gasteiger partial charge in [-0.2, -0.15) is 5.10 Å². The smallest absolute Gasteiger partial charge is 0.313 e. The predicted octanol–water partition coefficient (Wildman–Crippen LogP) is 4.82. The van der Waals surface area contributed by atoms with Crippen molar-refractivity contribution in [2.45, 2.75) is 13.3 Å². The van der Waals surface area contributed by atoms with E-state index in [9.17, 15) is 9.59 Å². The summed E-state index contributed by atoms with van der Waals surface area (Å²) in [5, 5.41) is 14.3. The molecule has 0 saturated carbocycles. The Morgan fingerprint density at radius 3 is 2.26 bits per heavy atom. The third-order valence-corrected chi connectivity index (χ3v) is 6.41. The van der Waals surface area contributed by atoms with E-state index in [1.165, 1.54) is 11.8 Å². The van der Waals surface area contributed by atoms with Gasteiger partial charge in [0.05, 0.1) is 23.4 Å². The molecule has 6 nitrogen and oxygen atoms in total. The monoisotopic (exact) mass is 471 g/mol. The number of carboxylic acid groups (broad SMARTS) is 1. The number of hydrogen-bond acceptors (Lipinski definition) is 4. The van der Waals surface area contributed by atoms with Crippen LogP contribution in [0.2, 0.25) is 0 Å². The van der Waals surface area contributed by atoms with E-state index in [1.54, 1.807) is 0 Å². The van der Waals surface area contributed by atoms with Crippen LogP contribution in [0.4, 0.5) is 0 Å². The number of benzene rings is 3. The highest BCUT2D eigenvalue weighted by molar-refractivity contribution is 8.00. The summed E-state index contributed by atoms with van der Waals surface area (Å²) in [6.07, 6.45) is 0.181. The van der Waals surface area contributed by atoms with Crippen molar-refractivity contribution in [2.24, 2.45) is 5.10 Å². The minimum absolute atomic E-state index is 0.0298. The molecular weight excluding hydrogens is 446 g/mol. The Balaban J connectivity index is 1.58. The van der Waals surface area contributed by atoms with Crippen molar-refractivity contribution in [1.82, 2.24) is 9.99 Å². The average molecular weight is 472 g/mol. The molecule has 7 heteroatoms. The quantitative estimate of drug-likeness (QED) is 0.271. The van der Waals surface area contributed by atoms with Crippen LogP contribution in [0.5, 0.6) is 0 Å². The third kappa shape index (κ3) is 5.38. The summed E-state index contributed by atoms with van der Waals surface area (Å²) in [5.74, 6) is -0.761. The fraction of sp³-hybridized carbons (Fsp3) is 0.148. The fourth-order valence-electron chi connectivity index (χ4n) is 3.94. The van der Waals surface area contributed by atoms with Crippen LogP contribution in [0.3, 0.4) is 0 Å². The maximum Gasteiger partial charge on any atom is 0.313 e. The number of nitrogens with zero attached hydrogens (tertiary/aromatic N) is 2. The van der Waals surface area contributed by atoms with E-state index in [0.717, 1.165) is 33.4 Å². The van der Waals surface area contributed by atoms with E-state index in [-0.39, 0.29) is 18.1 Å². The van der Waals surface area contributed by atoms with Gasteiger partial charge in [0.25, 0.3) is 0 Å². The Bertz CT molecular complexity index is 1330. The molecule has 1 amide bonds. The first-order valence-electron chi connectivity index (χ1n) is 10.9. The summed E-state index contributed by atoms with van der Waals surface area (Å²) in [6.45, 7) is 2.02. The number of thioether (sulfide) groups is 1. The standard InChI is InChI=1S/C27H25N3O3S/c1-19-23(22-14-8-9-15-25(22)30(19)21-12-6-3-7-13-21)16-26(31)29-28-24(17-34-18-27(32)33)20-10-4-2-5-11-20/h2-15H,16-18H2,1H3,(H,29,31)(H,32,33)/b28-24+. The van der Waals surface area contributed by atoms with Gasteiger partial charge in [-0.1, -0.05) is 66.7 Å². The van der Waals surface area contributed by atoms with Gasteiger partial charge >= 0.3 is 5.97 Å². The van der Waals surface area contributed by atoms with Crippen molar-refractivity contribution in [2.75, 3.05) is 11.5 Å². The molecule has 0 bridgehead atoms. The van der Waals surface area contributed by atoms with Crippen LogP contribution in [0.1, 0.15) is 16.8 Å². The number of hydrazone groups is 1. The van der Waals surface area contributed by atoms with Crippen LogP contribution in [-0.2, 0) is 16.0 Å². The SMILES string of the molecule is Cc1c(CC(=O)N/N=C(\CSCC(=O)O)c2ccccc2)c2ccccc2n1-c1ccccc1. The average Bonchev–Trinajstić information content (AvgIpc) is 3.13. The van der Waals surface area contributed by atoms with Gasteiger partial charge < -0.3 is 9.67 Å². The van der Waals surface area contributed by atoms with Crippen molar-refractivity contribution in [3.8, 4) is 5.69 Å². The van der Waals surface area contributed by atoms with Crippen molar-refractivity contribution in [1.29, 1.82) is 0 Å². The molecule has 0 aliphatic rings. The van der Waals surface area contributed by atoms with E-state index < -0.39 is 5.97 Å². The van der Waals surface area contributed by atoms with E-state index >= 15 is 0 Å². The van der Waals surface area contributed by atoms with E-state index in [4.69, 9.17) is 5.11 Å².